The van der Waals surface area contributed by atoms with Gasteiger partial charge in [0.1, 0.15) is 0 Å². The molecule has 4 heteroatoms. The van der Waals surface area contributed by atoms with E-state index in [1.165, 1.54) is 7.11 Å². The molecule has 1 aromatic carbocycles. The zero-order chi connectivity index (χ0) is 10.7. The van der Waals surface area contributed by atoms with Gasteiger partial charge in [0.15, 0.2) is 0 Å². The molecule has 0 amide bonds. The molecule has 0 saturated carbocycles. The van der Waals surface area contributed by atoms with E-state index in [2.05, 4.69) is 4.74 Å². The van der Waals surface area contributed by atoms with Crippen molar-refractivity contribution in [2.24, 2.45) is 0 Å². The molecule has 0 aliphatic heterocycles. The summed E-state index contributed by atoms with van der Waals surface area (Å²) in [5, 5.41) is 1.14. The summed E-state index contributed by atoms with van der Waals surface area (Å²) >= 11 is 11.8. The summed E-state index contributed by atoms with van der Waals surface area (Å²) in [4.78, 5) is 11.0. The van der Waals surface area contributed by atoms with Gasteiger partial charge in [-0.05, 0) is 30.2 Å². The topological polar surface area (TPSA) is 26.3 Å². The maximum atomic E-state index is 11.0. The summed E-state index contributed by atoms with van der Waals surface area (Å²) in [6, 6.07) is 3.43. The van der Waals surface area contributed by atoms with Crippen LogP contribution in [0.2, 0.25) is 10.0 Å². The molecular formula is C10H10Cl2O2. The normalized spacial score (nSPS) is 10.0. The molecule has 76 valence electrons. The van der Waals surface area contributed by atoms with Crippen molar-refractivity contribution in [1.29, 1.82) is 0 Å². The standard InChI is InChI=1S/C10H10Cl2O2/c1-6-3-8(11)4-7(10(6)12)5-9(13)14-2/h3-4H,5H2,1-2H3. The molecule has 0 aromatic heterocycles. The van der Waals surface area contributed by atoms with Crippen LogP contribution in [-0.4, -0.2) is 13.1 Å². The number of hydrogen-bond donors (Lipinski definition) is 0. The van der Waals surface area contributed by atoms with Gasteiger partial charge in [0.05, 0.1) is 13.5 Å². The smallest absolute Gasteiger partial charge is 0.310 e. The van der Waals surface area contributed by atoms with E-state index in [1.54, 1.807) is 12.1 Å². The van der Waals surface area contributed by atoms with Crippen LogP contribution in [0.3, 0.4) is 0 Å². The average molecular weight is 233 g/mol. The quantitative estimate of drug-likeness (QED) is 0.734. The molecule has 1 rings (SSSR count). The van der Waals surface area contributed by atoms with Gasteiger partial charge in [0, 0.05) is 10.0 Å². The highest BCUT2D eigenvalue weighted by atomic mass is 35.5. The largest absolute Gasteiger partial charge is 0.469 e. The number of halogens is 2. The monoisotopic (exact) mass is 232 g/mol. The number of carbonyl (C=O) groups is 1. The van der Waals surface area contributed by atoms with Crippen molar-refractivity contribution in [2.75, 3.05) is 7.11 Å². The van der Waals surface area contributed by atoms with Crippen molar-refractivity contribution in [2.45, 2.75) is 13.3 Å². The SMILES string of the molecule is COC(=O)Cc1cc(Cl)cc(C)c1Cl. The first kappa shape index (κ1) is 11.3. The van der Waals surface area contributed by atoms with E-state index in [9.17, 15) is 4.79 Å². The molecule has 0 atom stereocenters. The number of esters is 1. The van der Waals surface area contributed by atoms with Gasteiger partial charge in [0.25, 0.3) is 0 Å². The van der Waals surface area contributed by atoms with Gasteiger partial charge >= 0.3 is 5.97 Å². The van der Waals surface area contributed by atoms with E-state index < -0.39 is 0 Å². The lowest BCUT2D eigenvalue weighted by atomic mass is 10.1. The predicted molar refractivity (Wildman–Crippen MR) is 56.9 cm³/mol. The Kier molecular flexibility index (Phi) is 3.78. The summed E-state index contributed by atoms with van der Waals surface area (Å²) < 4.78 is 4.55. The summed E-state index contributed by atoms with van der Waals surface area (Å²) in [7, 11) is 1.34. The predicted octanol–water partition coefficient (Wildman–Crippen LogP) is 3.02. The maximum Gasteiger partial charge on any atom is 0.310 e. The van der Waals surface area contributed by atoms with Crippen molar-refractivity contribution < 1.29 is 9.53 Å². The number of methoxy groups -OCH3 is 1. The Hall–Kier alpha value is -0.730. The van der Waals surface area contributed by atoms with Crippen molar-refractivity contribution in [3.63, 3.8) is 0 Å². The third-order valence-electron chi connectivity index (χ3n) is 1.86. The fourth-order valence-corrected chi connectivity index (χ4v) is 1.62. The van der Waals surface area contributed by atoms with Crippen LogP contribution < -0.4 is 0 Å². The van der Waals surface area contributed by atoms with Crippen LogP contribution in [0, 0.1) is 6.92 Å². The Bertz CT molecular complexity index is 361. The fourth-order valence-electron chi connectivity index (χ4n) is 1.15. The summed E-state index contributed by atoms with van der Waals surface area (Å²) in [6.07, 6.45) is 0.150. The zero-order valence-corrected chi connectivity index (χ0v) is 9.45. The number of carbonyl (C=O) groups excluding carboxylic acids is 1. The van der Waals surface area contributed by atoms with Crippen LogP contribution in [0.25, 0.3) is 0 Å². The van der Waals surface area contributed by atoms with E-state index in [4.69, 9.17) is 23.2 Å². The second-order valence-corrected chi connectivity index (χ2v) is 3.76. The molecule has 0 heterocycles. The minimum atomic E-state index is -0.325. The summed E-state index contributed by atoms with van der Waals surface area (Å²) in [6.45, 7) is 1.84. The number of aryl methyl sites for hydroxylation is 1. The van der Waals surface area contributed by atoms with Gasteiger partial charge in [0.2, 0.25) is 0 Å². The van der Waals surface area contributed by atoms with Crippen LogP contribution in [-0.2, 0) is 16.0 Å². The molecule has 0 aliphatic carbocycles. The lowest BCUT2D eigenvalue weighted by molar-refractivity contribution is -0.139. The van der Waals surface area contributed by atoms with Gasteiger partial charge in [-0.15, -0.1) is 0 Å². The molecule has 14 heavy (non-hydrogen) atoms. The third-order valence-corrected chi connectivity index (χ3v) is 2.62. The zero-order valence-electron chi connectivity index (χ0n) is 7.93. The van der Waals surface area contributed by atoms with Gasteiger partial charge < -0.3 is 4.74 Å². The molecule has 1 aromatic rings. The van der Waals surface area contributed by atoms with Crippen LogP contribution in [0.4, 0.5) is 0 Å². The van der Waals surface area contributed by atoms with E-state index in [1.807, 2.05) is 6.92 Å². The molecule has 0 spiro atoms. The highest BCUT2D eigenvalue weighted by molar-refractivity contribution is 6.34. The molecule has 0 saturated heterocycles. The van der Waals surface area contributed by atoms with Gasteiger partial charge in [-0.2, -0.15) is 0 Å². The summed E-state index contributed by atoms with van der Waals surface area (Å²) in [5.74, 6) is -0.325. The first-order chi connectivity index (χ1) is 6.54. The maximum absolute atomic E-state index is 11.0. The van der Waals surface area contributed by atoms with Crippen molar-refractivity contribution in [1.82, 2.24) is 0 Å². The van der Waals surface area contributed by atoms with Crippen LogP contribution >= 0.6 is 23.2 Å². The van der Waals surface area contributed by atoms with Crippen molar-refractivity contribution >= 4 is 29.2 Å². The minimum Gasteiger partial charge on any atom is -0.469 e. The number of hydrogen-bond acceptors (Lipinski definition) is 2. The second-order valence-electron chi connectivity index (χ2n) is 2.95. The Morgan fingerprint density at radius 1 is 1.43 bits per heavy atom. The van der Waals surface area contributed by atoms with E-state index in [-0.39, 0.29) is 12.4 Å². The van der Waals surface area contributed by atoms with Crippen LogP contribution in [0.5, 0.6) is 0 Å². The first-order valence-electron chi connectivity index (χ1n) is 4.06. The molecular weight excluding hydrogens is 223 g/mol. The van der Waals surface area contributed by atoms with Crippen molar-refractivity contribution in [3.05, 3.63) is 33.3 Å². The van der Waals surface area contributed by atoms with E-state index >= 15 is 0 Å². The Balaban J connectivity index is 3.02. The van der Waals surface area contributed by atoms with E-state index in [0.29, 0.717) is 15.6 Å². The Morgan fingerprint density at radius 3 is 2.64 bits per heavy atom. The number of rotatable bonds is 2. The molecule has 0 aliphatic rings. The Labute approximate surface area is 92.8 Å². The van der Waals surface area contributed by atoms with E-state index in [0.717, 1.165) is 5.56 Å². The molecule has 0 fully saturated rings. The molecule has 0 unspecified atom stereocenters. The third kappa shape index (κ3) is 2.63. The first-order valence-corrected chi connectivity index (χ1v) is 4.81. The summed E-state index contributed by atoms with van der Waals surface area (Å²) in [5.41, 5.74) is 1.56. The second kappa shape index (κ2) is 4.67. The Morgan fingerprint density at radius 2 is 2.07 bits per heavy atom. The molecule has 0 bridgehead atoms. The van der Waals surface area contributed by atoms with Crippen molar-refractivity contribution in [3.8, 4) is 0 Å². The highest BCUT2D eigenvalue weighted by Crippen LogP contribution is 2.25. The van der Waals surface area contributed by atoms with Crippen LogP contribution in [0.15, 0.2) is 12.1 Å². The number of ether oxygens (including phenoxy) is 1. The molecule has 2 nitrogen and oxygen atoms in total. The average Bonchev–Trinajstić information content (AvgIpc) is 2.13. The van der Waals surface area contributed by atoms with Gasteiger partial charge in [-0.1, -0.05) is 23.2 Å². The molecule has 0 N–H and O–H groups in total. The lowest BCUT2D eigenvalue weighted by Gasteiger charge is -2.06. The molecule has 0 radical (unpaired) electrons. The minimum absolute atomic E-state index is 0.150. The number of benzene rings is 1. The van der Waals surface area contributed by atoms with Crippen LogP contribution in [0.1, 0.15) is 11.1 Å². The van der Waals surface area contributed by atoms with Gasteiger partial charge in [-0.3, -0.25) is 4.79 Å². The highest BCUT2D eigenvalue weighted by Gasteiger charge is 2.09. The fraction of sp³-hybridized carbons (Fsp3) is 0.300. The van der Waals surface area contributed by atoms with Gasteiger partial charge in [-0.25, -0.2) is 0 Å². The lowest BCUT2D eigenvalue weighted by Crippen LogP contribution is -2.05.